The summed E-state index contributed by atoms with van der Waals surface area (Å²) in [4.78, 5) is 10.7. The van der Waals surface area contributed by atoms with Gasteiger partial charge in [0.2, 0.25) is 0 Å². The molecule has 0 radical (unpaired) electrons. The SMILES string of the molecule is O=C(O)[C@@H]1CSC([C@H](O)[C@H](O)[C@@H](O)[C@@H](O)CO)N1. The molecular weight excluding hydrogens is 266 g/mol. The molecule has 18 heavy (non-hydrogen) atoms. The zero-order valence-electron chi connectivity index (χ0n) is 9.38. The van der Waals surface area contributed by atoms with E-state index in [9.17, 15) is 20.1 Å². The lowest BCUT2D eigenvalue weighted by Crippen LogP contribution is -2.52. The first-order valence-corrected chi connectivity index (χ1v) is 6.37. The van der Waals surface area contributed by atoms with Crippen LogP contribution in [0.5, 0.6) is 0 Å². The van der Waals surface area contributed by atoms with Gasteiger partial charge in [0.1, 0.15) is 30.5 Å². The number of thioether (sulfide) groups is 1. The molecule has 0 bridgehead atoms. The Morgan fingerprint density at radius 1 is 1.28 bits per heavy atom. The third-order valence-electron chi connectivity index (χ3n) is 2.70. The highest BCUT2D eigenvalue weighted by Crippen LogP contribution is 2.24. The van der Waals surface area contributed by atoms with E-state index in [4.69, 9.17) is 15.3 Å². The molecule has 0 saturated carbocycles. The Morgan fingerprint density at radius 2 is 1.89 bits per heavy atom. The van der Waals surface area contributed by atoms with Crippen molar-refractivity contribution < 1.29 is 35.4 Å². The molecule has 1 fully saturated rings. The van der Waals surface area contributed by atoms with Gasteiger partial charge in [0.05, 0.1) is 12.0 Å². The van der Waals surface area contributed by atoms with Gasteiger partial charge in [0, 0.05) is 5.75 Å². The van der Waals surface area contributed by atoms with Gasteiger partial charge in [-0.3, -0.25) is 10.1 Å². The summed E-state index contributed by atoms with van der Waals surface area (Å²) in [6.45, 7) is -0.756. The van der Waals surface area contributed by atoms with E-state index in [1.807, 2.05) is 0 Å². The third-order valence-corrected chi connectivity index (χ3v) is 4.00. The quantitative estimate of drug-likeness (QED) is 0.264. The van der Waals surface area contributed by atoms with Crippen molar-refractivity contribution in [2.75, 3.05) is 12.4 Å². The molecule has 0 amide bonds. The van der Waals surface area contributed by atoms with Gasteiger partial charge < -0.3 is 30.6 Å². The van der Waals surface area contributed by atoms with Crippen molar-refractivity contribution >= 4 is 17.7 Å². The van der Waals surface area contributed by atoms with Crippen LogP contribution in [0.3, 0.4) is 0 Å². The first-order valence-electron chi connectivity index (χ1n) is 5.32. The number of rotatable bonds is 6. The van der Waals surface area contributed by atoms with Crippen LogP contribution in [0.1, 0.15) is 0 Å². The molecule has 0 aromatic rings. The highest BCUT2D eigenvalue weighted by molar-refractivity contribution is 8.00. The van der Waals surface area contributed by atoms with E-state index >= 15 is 0 Å². The molecule has 1 saturated heterocycles. The predicted octanol–water partition coefficient (Wildman–Crippen LogP) is -3.46. The summed E-state index contributed by atoms with van der Waals surface area (Å²) in [5.41, 5.74) is 0. The fraction of sp³-hybridized carbons (Fsp3) is 0.889. The smallest absolute Gasteiger partial charge is 0.321 e. The molecule has 1 unspecified atom stereocenters. The molecule has 1 heterocycles. The first kappa shape index (κ1) is 15.6. The molecule has 1 aliphatic heterocycles. The standard InChI is InChI=1S/C9H17NO7S/c11-1-4(12)5(13)6(14)7(15)8-10-3(2-18-8)9(16)17/h3-8,10-15H,1-2H2,(H,16,17)/t3-,4-,5-,6+,7+,8?/m0/s1. The van der Waals surface area contributed by atoms with Crippen LogP contribution in [0.25, 0.3) is 0 Å². The fourth-order valence-electron chi connectivity index (χ4n) is 1.55. The molecule has 106 valence electrons. The van der Waals surface area contributed by atoms with Crippen molar-refractivity contribution in [2.45, 2.75) is 35.8 Å². The number of nitrogens with one attached hydrogen (secondary N) is 1. The number of aliphatic carboxylic acids is 1. The van der Waals surface area contributed by atoms with E-state index in [2.05, 4.69) is 5.32 Å². The van der Waals surface area contributed by atoms with Crippen LogP contribution < -0.4 is 5.32 Å². The minimum absolute atomic E-state index is 0.225. The second-order valence-electron chi connectivity index (χ2n) is 4.03. The van der Waals surface area contributed by atoms with Gasteiger partial charge in [-0.1, -0.05) is 0 Å². The summed E-state index contributed by atoms with van der Waals surface area (Å²) in [6, 6.07) is -0.832. The normalized spacial score (nSPS) is 30.7. The van der Waals surface area contributed by atoms with Crippen molar-refractivity contribution in [3.63, 3.8) is 0 Å². The minimum atomic E-state index is -1.71. The molecular formula is C9H17NO7S. The number of hydrogen-bond acceptors (Lipinski definition) is 8. The number of carboxylic acid groups (broad SMARTS) is 1. The van der Waals surface area contributed by atoms with Crippen molar-refractivity contribution in [2.24, 2.45) is 0 Å². The van der Waals surface area contributed by atoms with Crippen LogP contribution in [0.15, 0.2) is 0 Å². The van der Waals surface area contributed by atoms with Crippen LogP contribution in [-0.4, -0.2) is 84.8 Å². The number of carbonyl (C=O) groups is 1. The van der Waals surface area contributed by atoms with Crippen molar-refractivity contribution in [1.82, 2.24) is 5.32 Å². The lowest BCUT2D eigenvalue weighted by atomic mass is 10.0. The number of hydrogen-bond donors (Lipinski definition) is 7. The zero-order valence-corrected chi connectivity index (χ0v) is 10.2. The van der Waals surface area contributed by atoms with Crippen LogP contribution in [0, 0.1) is 0 Å². The topological polar surface area (TPSA) is 150 Å². The summed E-state index contributed by atoms with van der Waals surface area (Å²) in [5, 5.41) is 57.1. The Morgan fingerprint density at radius 3 is 2.33 bits per heavy atom. The van der Waals surface area contributed by atoms with Crippen LogP contribution in [0.4, 0.5) is 0 Å². The Hall–Kier alpha value is -0.420. The summed E-state index contributed by atoms with van der Waals surface area (Å²) < 4.78 is 0. The Kier molecular flexibility index (Phi) is 5.79. The molecule has 1 aliphatic rings. The molecule has 0 spiro atoms. The molecule has 6 atom stereocenters. The van der Waals surface area contributed by atoms with E-state index < -0.39 is 48.4 Å². The van der Waals surface area contributed by atoms with E-state index in [0.29, 0.717) is 0 Å². The molecule has 9 heteroatoms. The van der Waals surface area contributed by atoms with Gasteiger partial charge in [-0.25, -0.2) is 0 Å². The lowest BCUT2D eigenvalue weighted by molar-refractivity contribution is -0.139. The Balaban J connectivity index is 2.54. The van der Waals surface area contributed by atoms with Gasteiger partial charge in [-0.05, 0) is 0 Å². The second kappa shape index (κ2) is 6.66. The highest BCUT2D eigenvalue weighted by Gasteiger charge is 2.40. The zero-order chi connectivity index (χ0) is 13.9. The molecule has 7 N–H and O–H groups in total. The maximum absolute atomic E-state index is 10.7. The summed E-state index contributed by atoms with van der Waals surface area (Å²) >= 11 is 1.09. The first-order chi connectivity index (χ1) is 8.38. The third kappa shape index (κ3) is 3.54. The number of aliphatic hydroxyl groups is 5. The summed E-state index contributed by atoms with van der Waals surface area (Å²) in [7, 11) is 0. The number of aliphatic hydroxyl groups excluding tert-OH is 5. The average Bonchev–Trinajstić information content (AvgIpc) is 2.84. The summed E-state index contributed by atoms with van der Waals surface area (Å²) in [6.07, 6.45) is -6.44. The van der Waals surface area contributed by atoms with Crippen LogP contribution in [-0.2, 0) is 4.79 Å². The van der Waals surface area contributed by atoms with Crippen molar-refractivity contribution in [3.8, 4) is 0 Å². The van der Waals surface area contributed by atoms with E-state index in [-0.39, 0.29) is 5.75 Å². The van der Waals surface area contributed by atoms with Crippen molar-refractivity contribution in [3.05, 3.63) is 0 Å². The van der Waals surface area contributed by atoms with Crippen LogP contribution >= 0.6 is 11.8 Å². The van der Waals surface area contributed by atoms with E-state index in [0.717, 1.165) is 11.8 Å². The van der Waals surface area contributed by atoms with E-state index in [1.165, 1.54) is 0 Å². The second-order valence-corrected chi connectivity index (χ2v) is 5.21. The maximum atomic E-state index is 10.7. The largest absolute Gasteiger partial charge is 0.480 e. The lowest BCUT2D eigenvalue weighted by Gasteiger charge is -2.28. The number of carboxylic acids is 1. The van der Waals surface area contributed by atoms with Crippen LogP contribution in [0.2, 0.25) is 0 Å². The molecule has 0 aromatic heterocycles. The highest BCUT2D eigenvalue weighted by atomic mass is 32.2. The summed E-state index contributed by atoms with van der Waals surface area (Å²) in [5.74, 6) is -0.842. The monoisotopic (exact) mass is 283 g/mol. The van der Waals surface area contributed by atoms with Gasteiger partial charge >= 0.3 is 5.97 Å². The van der Waals surface area contributed by atoms with Gasteiger partial charge in [-0.15, -0.1) is 11.8 Å². The van der Waals surface area contributed by atoms with Gasteiger partial charge in [0.15, 0.2) is 0 Å². The Bertz CT molecular complexity index is 292. The molecule has 0 aliphatic carbocycles. The van der Waals surface area contributed by atoms with Crippen molar-refractivity contribution in [1.29, 1.82) is 0 Å². The average molecular weight is 283 g/mol. The molecule has 0 aromatic carbocycles. The predicted molar refractivity (Wildman–Crippen MR) is 61.9 cm³/mol. The van der Waals surface area contributed by atoms with Gasteiger partial charge in [0.25, 0.3) is 0 Å². The Labute approximate surface area is 107 Å². The fourth-order valence-corrected chi connectivity index (χ4v) is 2.81. The maximum Gasteiger partial charge on any atom is 0.321 e. The van der Waals surface area contributed by atoms with Gasteiger partial charge in [-0.2, -0.15) is 0 Å². The molecule has 1 rings (SSSR count). The minimum Gasteiger partial charge on any atom is -0.480 e. The van der Waals surface area contributed by atoms with E-state index in [1.54, 1.807) is 0 Å². The molecule has 8 nitrogen and oxygen atoms in total.